The largest absolute Gasteiger partial charge is 0.346 e. The molecule has 2 bridgehead atoms. The summed E-state index contributed by atoms with van der Waals surface area (Å²) in [6.07, 6.45) is 9.88. The van der Waals surface area contributed by atoms with Gasteiger partial charge in [-0.2, -0.15) is 14.7 Å². The van der Waals surface area contributed by atoms with Gasteiger partial charge >= 0.3 is 0 Å². The van der Waals surface area contributed by atoms with E-state index in [2.05, 4.69) is 25.3 Å². The number of rotatable bonds is 4. The van der Waals surface area contributed by atoms with Crippen molar-refractivity contribution in [2.45, 2.75) is 43.7 Å². The number of hydrogen-bond acceptors (Lipinski definition) is 7. The lowest BCUT2D eigenvalue weighted by Crippen LogP contribution is -2.46. The van der Waals surface area contributed by atoms with Crippen molar-refractivity contribution in [3.05, 3.63) is 95.2 Å². The fourth-order valence-electron chi connectivity index (χ4n) is 6.66. The quantitative estimate of drug-likeness (QED) is 0.343. The maximum Gasteiger partial charge on any atom is 0.291 e. The van der Waals surface area contributed by atoms with Gasteiger partial charge in [-0.1, -0.05) is 36.4 Å². The van der Waals surface area contributed by atoms with E-state index in [0.29, 0.717) is 16.7 Å². The fourth-order valence-corrected chi connectivity index (χ4v) is 6.66. The zero-order chi connectivity index (χ0) is 27.5. The molecule has 1 aromatic carbocycles. The van der Waals surface area contributed by atoms with Gasteiger partial charge in [0.2, 0.25) is 5.82 Å². The summed E-state index contributed by atoms with van der Waals surface area (Å²) in [7, 11) is 0. The Kier molecular flexibility index (Phi) is 5.31. The number of hydrogen-bond donors (Lipinski definition) is 2. The first-order chi connectivity index (χ1) is 20.2. The summed E-state index contributed by atoms with van der Waals surface area (Å²) in [6, 6.07) is 15.7. The van der Waals surface area contributed by atoms with Gasteiger partial charge in [-0.25, -0.2) is 9.97 Å². The highest BCUT2D eigenvalue weighted by molar-refractivity contribution is 5.91. The maximum atomic E-state index is 13.2. The van der Waals surface area contributed by atoms with Crippen LogP contribution in [0.3, 0.4) is 0 Å². The highest BCUT2D eigenvalue weighted by Crippen LogP contribution is 2.44. The molecule has 11 heteroatoms. The molecule has 6 aromatic rings. The lowest BCUT2D eigenvalue weighted by atomic mass is 9.86. The molecule has 2 N–H and O–H groups in total. The molecule has 0 saturated carbocycles. The molecular weight excluding hydrogens is 518 g/mol. The highest BCUT2D eigenvalue weighted by atomic mass is 16.2. The van der Waals surface area contributed by atoms with Crippen molar-refractivity contribution in [1.82, 2.24) is 44.6 Å². The minimum Gasteiger partial charge on any atom is -0.346 e. The van der Waals surface area contributed by atoms with Gasteiger partial charge in [0.25, 0.3) is 5.91 Å². The molecule has 2 unspecified atom stereocenters. The Hall–Kier alpha value is -5.19. The van der Waals surface area contributed by atoms with E-state index in [4.69, 9.17) is 9.97 Å². The van der Waals surface area contributed by atoms with Crippen molar-refractivity contribution >= 4 is 22.6 Å². The Bertz CT molecular complexity index is 1950. The minimum absolute atomic E-state index is 0.0172. The Labute approximate surface area is 233 Å². The summed E-state index contributed by atoms with van der Waals surface area (Å²) in [5.74, 6) is 0.158. The average molecular weight is 544 g/mol. The number of nitrogens with zero attached hydrogens (tertiary/aromatic N) is 7. The molecule has 2 fully saturated rings. The minimum atomic E-state index is -0.121. The third-order valence-corrected chi connectivity index (χ3v) is 8.49. The van der Waals surface area contributed by atoms with E-state index >= 15 is 0 Å². The summed E-state index contributed by atoms with van der Waals surface area (Å²) < 4.78 is 1.71. The number of piperidine rings is 1. The molecule has 2 aliphatic rings. The fraction of sp³-hybridized carbons (Fsp3) is 0.233. The molecule has 1 amide bonds. The Morgan fingerprint density at radius 1 is 0.927 bits per heavy atom. The van der Waals surface area contributed by atoms with Crippen LogP contribution >= 0.6 is 0 Å². The predicted octanol–water partition coefficient (Wildman–Crippen LogP) is 3.97. The van der Waals surface area contributed by atoms with E-state index < -0.39 is 0 Å². The standard InChI is InChI=1S/C30H25N9O2/c40-24-10-11-31-29-25(24)26(19-12-20-7-8-21(13-19)38(20)30(41)27-33-16-34-37-27)36-28-22(15-35-39(28)29)18-6-9-23(32-14-18)17-4-2-1-3-5-17/h1-6,9-11,14-16,19-21H,7-8,12-13H2,(H,31,40)(H,33,34,37). The lowest BCUT2D eigenvalue weighted by Gasteiger charge is -2.38. The van der Waals surface area contributed by atoms with Crippen LogP contribution in [-0.4, -0.2) is 62.6 Å². The first-order valence-corrected chi connectivity index (χ1v) is 13.7. The molecule has 202 valence electrons. The summed E-state index contributed by atoms with van der Waals surface area (Å²) in [5, 5.41) is 11.7. The van der Waals surface area contributed by atoms with Crippen LogP contribution in [0.2, 0.25) is 0 Å². The van der Waals surface area contributed by atoms with E-state index in [0.717, 1.165) is 53.8 Å². The summed E-state index contributed by atoms with van der Waals surface area (Å²) in [5.41, 5.74) is 5.60. The Balaban J connectivity index is 1.21. The van der Waals surface area contributed by atoms with Crippen molar-refractivity contribution in [1.29, 1.82) is 0 Å². The van der Waals surface area contributed by atoms with Crippen LogP contribution in [0, 0.1) is 0 Å². The van der Waals surface area contributed by atoms with Crippen molar-refractivity contribution in [2.75, 3.05) is 0 Å². The van der Waals surface area contributed by atoms with Crippen molar-refractivity contribution in [3.8, 4) is 22.4 Å². The second kappa shape index (κ2) is 9.19. The first-order valence-electron chi connectivity index (χ1n) is 13.7. The third-order valence-electron chi connectivity index (χ3n) is 8.49. The molecule has 0 radical (unpaired) electrons. The number of benzene rings is 1. The van der Waals surface area contributed by atoms with Gasteiger partial charge in [0.15, 0.2) is 11.1 Å². The number of fused-ring (bicyclic) bond motifs is 5. The van der Waals surface area contributed by atoms with Crippen LogP contribution < -0.4 is 5.43 Å². The molecule has 11 nitrogen and oxygen atoms in total. The molecule has 2 atom stereocenters. The molecular formula is C30H25N9O2. The van der Waals surface area contributed by atoms with E-state index in [1.54, 1.807) is 16.9 Å². The predicted molar refractivity (Wildman–Crippen MR) is 151 cm³/mol. The third kappa shape index (κ3) is 3.76. The van der Waals surface area contributed by atoms with Crippen LogP contribution in [0.1, 0.15) is 47.9 Å². The summed E-state index contributed by atoms with van der Waals surface area (Å²) in [4.78, 5) is 45.6. The Morgan fingerprint density at radius 2 is 1.76 bits per heavy atom. The Morgan fingerprint density at radius 3 is 2.49 bits per heavy atom. The molecule has 8 rings (SSSR count). The van der Waals surface area contributed by atoms with Gasteiger partial charge < -0.3 is 9.88 Å². The number of aromatic nitrogens is 8. The lowest BCUT2D eigenvalue weighted by molar-refractivity contribution is 0.0558. The number of carbonyl (C=O) groups excluding carboxylic acids is 1. The maximum absolute atomic E-state index is 13.2. The SMILES string of the molecule is O=C(c1ncn[nH]1)N1C2CCC1CC(c1nc3c(-c4ccc(-c5ccccc5)nc4)cnn3c3[nH]ccc(=O)c13)C2. The van der Waals surface area contributed by atoms with E-state index in [9.17, 15) is 9.59 Å². The number of amides is 1. The van der Waals surface area contributed by atoms with Crippen molar-refractivity contribution in [3.63, 3.8) is 0 Å². The van der Waals surface area contributed by atoms with Crippen molar-refractivity contribution in [2.24, 2.45) is 0 Å². The zero-order valence-electron chi connectivity index (χ0n) is 21.9. The van der Waals surface area contributed by atoms with E-state index in [1.165, 1.54) is 12.4 Å². The second-order valence-corrected chi connectivity index (χ2v) is 10.8. The number of H-pyrrole nitrogens is 2. The smallest absolute Gasteiger partial charge is 0.291 e. The highest BCUT2D eigenvalue weighted by Gasteiger charge is 2.45. The van der Waals surface area contributed by atoms with Gasteiger partial charge in [0.1, 0.15) is 12.0 Å². The van der Waals surface area contributed by atoms with Crippen molar-refractivity contribution < 1.29 is 4.79 Å². The monoisotopic (exact) mass is 543 g/mol. The van der Waals surface area contributed by atoms with E-state index in [1.807, 2.05) is 53.6 Å². The molecule has 2 saturated heterocycles. The van der Waals surface area contributed by atoms with Gasteiger partial charge in [0, 0.05) is 53.2 Å². The van der Waals surface area contributed by atoms with Gasteiger partial charge in [-0.05, 0) is 31.7 Å². The van der Waals surface area contributed by atoms with Gasteiger partial charge in [0.05, 0.1) is 23.0 Å². The summed E-state index contributed by atoms with van der Waals surface area (Å²) in [6.45, 7) is 0. The second-order valence-electron chi connectivity index (χ2n) is 10.8. The normalized spacial score (nSPS) is 20.2. The van der Waals surface area contributed by atoms with Crippen LogP contribution in [-0.2, 0) is 0 Å². The van der Waals surface area contributed by atoms with Crippen LogP contribution in [0.15, 0.2) is 78.2 Å². The molecule has 5 aromatic heterocycles. The van der Waals surface area contributed by atoms with E-state index in [-0.39, 0.29) is 35.2 Å². The van der Waals surface area contributed by atoms with Crippen LogP contribution in [0.25, 0.3) is 39.1 Å². The van der Waals surface area contributed by atoms with Crippen LogP contribution in [0.4, 0.5) is 0 Å². The zero-order valence-corrected chi connectivity index (χ0v) is 21.9. The molecule has 0 spiro atoms. The molecule has 41 heavy (non-hydrogen) atoms. The summed E-state index contributed by atoms with van der Waals surface area (Å²) >= 11 is 0. The average Bonchev–Trinajstić information content (AvgIpc) is 3.76. The number of carbonyl (C=O) groups is 1. The molecule has 7 heterocycles. The van der Waals surface area contributed by atoms with Crippen LogP contribution in [0.5, 0.6) is 0 Å². The first kappa shape index (κ1) is 23.7. The van der Waals surface area contributed by atoms with Gasteiger partial charge in [-0.3, -0.25) is 19.7 Å². The topological polar surface area (TPSA) is 138 Å². The number of pyridine rings is 2. The molecule has 2 aliphatic heterocycles. The number of nitrogens with one attached hydrogen (secondary N) is 2. The van der Waals surface area contributed by atoms with Gasteiger partial charge in [-0.15, -0.1) is 0 Å². The number of aromatic amines is 2. The molecule has 0 aliphatic carbocycles.